The molecule has 0 aliphatic heterocycles. The fraction of sp³-hybridized carbons (Fsp3) is 0.333. The van der Waals surface area contributed by atoms with Crippen molar-refractivity contribution in [2.45, 2.75) is 19.3 Å². The third kappa shape index (κ3) is 2.28. The summed E-state index contributed by atoms with van der Waals surface area (Å²) >= 11 is 0. The van der Waals surface area contributed by atoms with Crippen LogP contribution in [-0.2, 0) is 12.4 Å². The van der Waals surface area contributed by atoms with E-state index in [-0.39, 0.29) is 6.07 Å². The Kier molecular flexibility index (Phi) is 2.91. The van der Waals surface area contributed by atoms with Crippen molar-refractivity contribution in [3.05, 3.63) is 34.6 Å². The average Bonchev–Trinajstić information content (AvgIpc) is 1.97. The summed E-state index contributed by atoms with van der Waals surface area (Å²) in [6.07, 6.45) is -10.1. The number of hydrogen-bond acceptors (Lipinski definition) is 0. The van der Waals surface area contributed by atoms with E-state index in [4.69, 9.17) is 0 Å². The van der Waals surface area contributed by atoms with Crippen LogP contribution in [0, 0.1) is 12.7 Å². The van der Waals surface area contributed by atoms with Crippen LogP contribution in [0.5, 0.6) is 0 Å². The van der Waals surface area contributed by atoms with Crippen molar-refractivity contribution >= 4 is 0 Å². The molecular weight excluding hydrogens is 241 g/mol. The normalized spacial score (nSPS) is 13.0. The molecule has 0 aromatic heterocycles. The summed E-state index contributed by atoms with van der Waals surface area (Å²) in [5.41, 5.74) is -4.51. The number of hydrogen-bond donors (Lipinski definition) is 0. The van der Waals surface area contributed by atoms with Crippen LogP contribution in [0.1, 0.15) is 16.7 Å². The van der Waals surface area contributed by atoms with Gasteiger partial charge in [0.25, 0.3) is 0 Å². The Morgan fingerprint density at radius 1 is 0.875 bits per heavy atom. The molecule has 0 atom stereocenters. The van der Waals surface area contributed by atoms with Gasteiger partial charge in [0.2, 0.25) is 0 Å². The maximum atomic E-state index is 12.8. The molecule has 0 aliphatic rings. The van der Waals surface area contributed by atoms with Crippen LogP contribution in [-0.4, -0.2) is 0 Å². The zero-order chi connectivity index (χ0) is 12.7. The highest BCUT2D eigenvalue weighted by molar-refractivity contribution is 5.38. The van der Waals surface area contributed by atoms with E-state index in [0.717, 1.165) is 0 Å². The van der Waals surface area contributed by atoms with Crippen LogP contribution in [0.4, 0.5) is 30.7 Å². The van der Waals surface area contributed by atoms with Gasteiger partial charge in [0.1, 0.15) is 5.82 Å². The minimum absolute atomic E-state index is 0.165. The molecule has 1 aromatic rings. The minimum Gasteiger partial charge on any atom is -0.206 e. The van der Waals surface area contributed by atoms with E-state index in [1.807, 2.05) is 0 Å². The van der Waals surface area contributed by atoms with Gasteiger partial charge in [0.15, 0.2) is 0 Å². The fourth-order valence-corrected chi connectivity index (χ4v) is 1.33. The van der Waals surface area contributed by atoms with Gasteiger partial charge in [-0.05, 0) is 24.6 Å². The molecule has 0 radical (unpaired) electrons. The Morgan fingerprint density at radius 2 is 1.38 bits per heavy atom. The van der Waals surface area contributed by atoms with Crippen LogP contribution in [0.15, 0.2) is 12.1 Å². The number of halogens is 7. The lowest BCUT2D eigenvalue weighted by Gasteiger charge is -2.16. The summed E-state index contributed by atoms with van der Waals surface area (Å²) in [6, 6.07) is 0.457. The molecule has 7 heteroatoms. The van der Waals surface area contributed by atoms with Gasteiger partial charge >= 0.3 is 12.4 Å². The van der Waals surface area contributed by atoms with Crippen LogP contribution < -0.4 is 0 Å². The van der Waals surface area contributed by atoms with E-state index in [9.17, 15) is 30.7 Å². The molecule has 1 rings (SSSR count). The summed E-state index contributed by atoms with van der Waals surface area (Å²) in [5, 5.41) is 0. The van der Waals surface area contributed by atoms with Gasteiger partial charge in [-0.2, -0.15) is 26.3 Å². The Labute approximate surface area is 85.7 Å². The SMILES string of the molecule is Cc1c(C(F)(F)F)ccc(F)c1C(F)(F)F. The molecule has 0 fully saturated rings. The second-order valence-electron chi connectivity index (χ2n) is 3.09. The van der Waals surface area contributed by atoms with E-state index >= 15 is 0 Å². The van der Waals surface area contributed by atoms with Crippen LogP contribution in [0.25, 0.3) is 0 Å². The minimum atomic E-state index is -5.14. The molecule has 16 heavy (non-hydrogen) atoms. The van der Waals surface area contributed by atoms with Gasteiger partial charge in [-0.25, -0.2) is 4.39 Å². The summed E-state index contributed by atoms with van der Waals surface area (Å²) in [7, 11) is 0. The van der Waals surface area contributed by atoms with E-state index in [1.165, 1.54) is 0 Å². The van der Waals surface area contributed by atoms with E-state index in [0.29, 0.717) is 13.0 Å². The first-order valence-electron chi connectivity index (χ1n) is 3.98. The van der Waals surface area contributed by atoms with Crippen molar-refractivity contribution in [3.63, 3.8) is 0 Å². The maximum Gasteiger partial charge on any atom is 0.419 e. The van der Waals surface area contributed by atoms with Crippen molar-refractivity contribution in [2.75, 3.05) is 0 Å². The zero-order valence-corrected chi connectivity index (χ0v) is 7.80. The lowest BCUT2D eigenvalue weighted by molar-refractivity contribution is -0.145. The van der Waals surface area contributed by atoms with Crippen molar-refractivity contribution in [1.29, 1.82) is 0 Å². The lowest BCUT2D eigenvalue weighted by Crippen LogP contribution is -2.16. The molecule has 0 aliphatic carbocycles. The van der Waals surface area contributed by atoms with Gasteiger partial charge in [-0.3, -0.25) is 0 Å². The standard InChI is InChI=1S/C9H5F7/c1-4-5(8(11,12)13)2-3-6(10)7(4)9(14,15)16/h2-3H,1H3. The molecule has 0 spiro atoms. The molecule has 0 bridgehead atoms. The molecule has 0 heterocycles. The summed E-state index contributed by atoms with van der Waals surface area (Å²) in [4.78, 5) is 0. The first-order valence-corrected chi connectivity index (χ1v) is 3.98. The molecule has 0 amide bonds. The largest absolute Gasteiger partial charge is 0.419 e. The molecule has 0 saturated carbocycles. The predicted molar refractivity (Wildman–Crippen MR) is 41.1 cm³/mol. The second-order valence-corrected chi connectivity index (χ2v) is 3.09. The first-order chi connectivity index (χ1) is 7.05. The Bertz CT molecular complexity index is 400. The smallest absolute Gasteiger partial charge is 0.206 e. The molecule has 0 N–H and O–H groups in total. The molecular formula is C9H5F7. The van der Waals surface area contributed by atoms with E-state index in [1.54, 1.807) is 0 Å². The monoisotopic (exact) mass is 246 g/mol. The third-order valence-corrected chi connectivity index (χ3v) is 2.00. The van der Waals surface area contributed by atoms with Crippen molar-refractivity contribution < 1.29 is 30.7 Å². The maximum absolute atomic E-state index is 12.8. The average molecular weight is 246 g/mol. The predicted octanol–water partition coefficient (Wildman–Crippen LogP) is 4.17. The van der Waals surface area contributed by atoms with Crippen LogP contribution >= 0.6 is 0 Å². The molecule has 90 valence electrons. The third-order valence-electron chi connectivity index (χ3n) is 2.00. The quantitative estimate of drug-likeness (QED) is 0.602. The van der Waals surface area contributed by atoms with E-state index in [2.05, 4.69) is 0 Å². The van der Waals surface area contributed by atoms with Gasteiger partial charge in [0, 0.05) is 0 Å². The summed E-state index contributed by atoms with van der Waals surface area (Å²) in [6.45, 7) is 0.592. The lowest BCUT2D eigenvalue weighted by atomic mass is 10.0. The Balaban J connectivity index is 3.52. The zero-order valence-electron chi connectivity index (χ0n) is 7.80. The van der Waals surface area contributed by atoms with E-state index < -0.39 is 34.9 Å². The van der Waals surface area contributed by atoms with Crippen molar-refractivity contribution in [2.24, 2.45) is 0 Å². The van der Waals surface area contributed by atoms with Crippen molar-refractivity contribution in [3.8, 4) is 0 Å². The highest BCUT2D eigenvalue weighted by Gasteiger charge is 2.41. The molecule has 0 unspecified atom stereocenters. The molecule has 1 aromatic carbocycles. The summed E-state index contributed by atoms with van der Waals surface area (Å²) in [5.74, 6) is -1.71. The van der Waals surface area contributed by atoms with Crippen LogP contribution in [0.3, 0.4) is 0 Å². The highest BCUT2D eigenvalue weighted by atomic mass is 19.4. The van der Waals surface area contributed by atoms with Crippen LogP contribution in [0.2, 0.25) is 0 Å². The molecule has 0 nitrogen and oxygen atoms in total. The topological polar surface area (TPSA) is 0 Å². The Hall–Kier alpha value is -1.27. The number of rotatable bonds is 0. The highest BCUT2D eigenvalue weighted by Crippen LogP contribution is 2.40. The van der Waals surface area contributed by atoms with Gasteiger partial charge < -0.3 is 0 Å². The number of alkyl halides is 6. The summed E-state index contributed by atoms with van der Waals surface area (Å²) < 4.78 is 86.4. The molecule has 0 saturated heterocycles. The Morgan fingerprint density at radius 3 is 1.75 bits per heavy atom. The van der Waals surface area contributed by atoms with Gasteiger partial charge in [-0.1, -0.05) is 0 Å². The fourth-order valence-electron chi connectivity index (χ4n) is 1.33. The first kappa shape index (κ1) is 12.8. The second kappa shape index (κ2) is 3.64. The van der Waals surface area contributed by atoms with Gasteiger partial charge in [0.05, 0.1) is 11.1 Å². The van der Waals surface area contributed by atoms with Gasteiger partial charge in [-0.15, -0.1) is 0 Å². The van der Waals surface area contributed by atoms with Crippen molar-refractivity contribution in [1.82, 2.24) is 0 Å². The number of benzene rings is 1.